The van der Waals surface area contributed by atoms with E-state index in [-0.39, 0.29) is 24.4 Å². The Morgan fingerprint density at radius 1 is 1.73 bits per heavy atom. The van der Waals surface area contributed by atoms with E-state index in [1.807, 2.05) is 11.6 Å². The van der Waals surface area contributed by atoms with Gasteiger partial charge in [0.1, 0.15) is 6.04 Å². The summed E-state index contributed by atoms with van der Waals surface area (Å²) in [7, 11) is 3.34. The number of aryl methyl sites for hydroxylation is 1. The van der Waals surface area contributed by atoms with E-state index in [0.29, 0.717) is 13.0 Å². The Bertz CT molecular complexity index is 364. The van der Waals surface area contributed by atoms with Gasteiger partial charge in [0.05, 0.1) is 19.1 Å². The van der Waals surface area contributed by atoms with Crippen LogP contribution in [-0.4, -0.2) is 28.7 Å². The quantitative estimate of drug-likeness (QED) is 0.693. The van der Waals surface area contributed by atoms with E-state index in [1.54, 1.807) is 6.33 Å². The molecule has 0 unspecified atom stereocenters. The van der Waals surface area contributed by atoms with E-state index in [4.69, 9.17) is 4.74 Å². The number of nitrogens with zero attached hydrogens (tertiary/aromatic N) is 2. The summed E-state index contributed by atoms with van der Waals surface area (Å²) in [6.07, 6.45) is 2.42. The maximum Gasteiger partial charge on any atom is 0.323 e. The van der Waals surface area contributed by atoms with E-state index in [9.17, 15) is 4.79 Å². The molecule has 1 aromatic rings. The van der Waals surface area contributed by atoms with E-state index >= 15 is 0 Å². The van der Waals surface area contributed by atoms with E-state index in [1.165, 1.54) is 7.11 Å². The number of hydrogen-bond acceptors (Lipinski definition) is 4. The molecule has 6 heteroatoms. The lowest BCUT2D eigenvalue weighted by Gasteiger charge is -2.21. The fraction of sp³-hybridized carbons (Fsp3) is 0.556. The highest BCUT2D eigenvalue weighted by molar-refractivity contribution is 5.85. The van der Waals surface area contributed by atoms with Crippen LogP contribution in [0.4, 0.5) is 0 Å². The second kappa shape index (κ2) is 4.63. The second-order valence-corrected chi connectivity index (χ2v) is 3.41. The SMILES string of the molecule is COC(=O)[C@@H]1Cc2c(ncn2C)CN1.Cl. The van der Waals surface area contributed by atoms with Crippen LogP contribution in [0.5, 0.6) is 0 Å². The summed E-state index contributed by atoms with van der Waals surface area (Å²) >= 11 is 0. The third-order valence-electron chi connectivity index (χ3n) is 2.54. The van der Waals surface area contributed by atoms with Crippen LogP contribution in [0.2, 0.25) is 0 Å². The van der Waals surface area contributed by atoms with Gasteiger partial charge in [0.25, 0.3) is 0 Å². The summed E-state index contributed by atoms with van der Waals surface area (Å²) in [5.74, 6) is -0.211. The Morgan fingerprint density at radius 3 is 3.13 bits per heavy atom. The fourth-order valence-corrected chi connectivity index (χ4v) is 1.71. The minimum absolute atomic E-state index is 0. The van der Waals surface area contributed by atoms with Gasteiger partial charge < -0.3 is 9.30 Å². The highest BCUT2D eigenvalue weighted by atomic mass is 35.5. The predicted molar refractivity (Wildman–Crippen MR) is 56.8 cm³/mol. The molecule has 2 rings (SSSR count). The molecule has 0 amide bonds. The zero-order chi connectivity index (χ0) is 10.1. The molecule has 1 N–H and O–H groups in total. The van der Waals surface area contributed by atoms with Crippen LogP contribution in [0.15, 0.2) is 6.33 Å². The minimum atomic E-state index is -0.233. The van der Waals surface area contributed by atoms with Gasteiger partial charge in [-0.2, -0.15) is 0 Å². The largest absolute Gasteiger partial charge is 0.468 e. The fourth-order valence-electron chi connectivity index (χ4n) is 1.71. The molecule has 0 fully saturated rings. The number of aromatic nitrogens is 2. The number of imidazole rings is 1. The van der Waals surface area contributed by atoms with Gasteiger partial charge in [-0.05, 0) is 0 Å². The molecule has 0 aromatic carbocycles. The van der Waals surface area contributed by atoms with E-state index < -0.39 is 0 Å². The zero-order valence-corrected chi connectivity index (χ0v) is 9.50. The minimum Gasteiger partial charge on any atom is -0.468 e. The Hall–Kier alpha value is -1.07. The Kier molecular flexibility index (Phi) is 3.71. The molecule has 2 heterocycles. The van der Waals surface area contributed by atoms with Crippen molar-refractivity contribution >= 4 is 18.4 Å². The monoisotopic (exact) mass is 231 g/mol. The smallest absolute Gasteiger partial charge is 0.323 e. The van der Waals surface area contributed by atoms with Crippen LogP contribution in [0.1, 0.15) is 11.4 Å². The Morgan fingerprint density at radius 2 is 2.47 bits per heavy atom. The lowest BCUT2D eigenvalue weighted by atomic mass is 10.1. The van der Waals surface area contributed by atoms with Gasteiger partial charge in [0, 0.05) is 25.7 Å². The lowest BCUT2D eigenvalue weighted by Crippen LogP contribution is -2.42. The first-order valence-corrected chi connectivity index (χ1v) is 4.52. The molecule has 0 radical (unpaired) electrons. The molecule has 1 aliphatic heterocycles. The van der Waals surface area contributed by atoms with Crippen molar-refractivity contribution in [2.24, 2.45) is 7.05 Å². The number of esters is 1. The molecule has 1 aliphatic rings. The van der Waals surface area contributed by atoms with Gasteiger partial charge in [0.15, 0.2) is 0 Å². The number of halogens is 1. The molecule has 5 nitrogen and oxygen atoms in total. The molecular weight excluding hydrogens is 218 g/mol. The second-order valence-electron chi connectivity index (χ2n) is 3.41. The van der Waals surface area contributed by atoms with Crippen LogP contribution in [0.3, 0.4) is 0 Å². The molecule has 1 aromatic heterocycles. The van der Waals surface area contributed by atoms with Crippen molar-refractivity contribution in [3.8, 4) is 0 Å². The average molecular weight is 232 g/mol. The number of rotatable bonds is 1. The average Bonchev–Trinajstić information content (AvgIpc) is 2.59. The number of ether oxygens (including phenoxy) is 1. The van der Waals surface area contributed by atoms with Crippen molar-refractivity contribution in [2.45, 2.75) is 19.0 Å². The standard InChI is InChI=1S/C9H13N3O2.ClH/c1-12-5-11-7-4-10-6(3-8(7)12)9(13)14-2;/h5-6,10H,3-4H2,1-2H3;1H/t6-;/m0./s1. The summed E-state index contributed by atoms with van der Waals surface area (Å²) in [6.45, 7) is 0.635. The van der Waals surface area contributed by atoms with Crippen molar-refractivity contribution in [1.82, 2.24) is 14.9 Å². The molecule has 0 bridgehead atoms. The Balaban J connectivity index is 0.00000112. The van der Waals surface area contributed by atoms with Crippen molar-refractivity contribution in [3.63, 3.8) is 0 Å². The number of fused-ring (bicyclic) bond motifs is 1. The van der Waals surface area contributed by atoms with E-state index in [2.05, 4.69) is 10.3 Å². The normalized spacial score (nSPS) is 18.9. The summed E-state index contributed by atoms with van der Waals surface area (Å²) in [5.41, 5.74) is 2.13. The molecule has 0 saturated heterocycles. The highest BCUT2D eigenvalue weighted by Crippen LogP contribution is 2.14. The zero-order valence-electron chi connectivity index (χ0n) is 8.69. The first-order chi connectivity index (χ1) is 6.72. The van der Waals surface area contributed by atoms with Gasteiger partial charge in [-0.1, -0.05) is 0 Å². The summed E-state index contributed by atoms with van der Waals surface area (Å²) in [5, 5.41) is 3.09. The van der Waals surface area contributed by atoms with Gasteiger partial charge in [-0.15, -0.1) is 12.4 Å². The molecule has 0 saturated carbocycles. The summed E-state index contributed by atoms with van der Waals surface area (Å²) in [6, 6.07) is -0.233. The number of carbonyl (C=O) groups is 1. The first-order valence-electron chi connectivity index (χ1n) is 4.52. The van der Waals surface area contributed by atoms with Crippen LogP contribution in [0, 0.1) is 0 Å². The number of nitrogens with one attached hydrogen (secondary N) is 1. The summed E-state index contributed by atoms with van der Waals surface area (Å²) in [4.78, 5) is 15.5. The predicted octanol–water partition coefficient (Wildman–Crippen LogP) is 0.0292. The molecule has 0 spiro atoms. The van der Waals surface area contributed by atoms with Crippen molar-refractivity contribution in [2.75, 3.05) is 7.11 Å². The number of hydrogen-bond donors (Lipinski definition) is 1. The van der Waals surface area contributed by atoms with Crippen LogP contribution < -0.4 is 5.32 Å². The van der Waals surface area contributed by atoms with Crippen molar-refractivity contribution in [1.29, 1.82) is 0 Å². The van der Waals surface area contributed by atoms with Gasteiger partial charge in [-0.25, -0.2) is 4.98 Å². The summed E-state index contributed by atoms with van der Waals surface area (Å²) < 4.78 is 6.64. The van der Waals surface area contributed by atoms with Crippen LogP contribution >= 0.6 is 12.4 Å². The van der Waals surface area contributed by atoms with Gasteiger partial charge >= 0.3 is 5.97 Å². The molecule has 0 aliphatic carbocycles. The molecular formula is C9H14ClN3O2. The molecule has 1 atom stereocenters. The number of carbonyl (C=O) groups excluding carboxylic acids is 1. The Labute approximate surface area is 94.2 Å². The number of methoxy groups -OCH3 is 1. The first kappa shape index (κ1) is 12.0. The molecule has 15 heavy (non-hydrogen) atoms. The van der Waals surface area contributed by atoms with Crippen molar-refractivity contribution in [3.05, 3.63) is 17.7 Å². The third-order valence-corrected chi connectivity index (χ3v) is 2.54. The lowest BCUT2D eigenvalue weighted by molar-refractivity contribution is -0.143. The van der Waals surface area contributed by atoms with Gasteiger partial charge in [0.2, 0.25) is 0 Å². The maximum atomic E-state index is 11.3. The van der Waals surface area contributed by atoms with Crippen molar-refractivity contribution < 1.29 is 9.53 Å². The maximum absolute atomic E-state index is 11.3. The topological polar surface area (TPSA) is 56.1 Å². The van der Waals surface area contributed by atoms with E-state index in [0.717, 1.165) is 11.4 Å². The highest BCUT2D eigenvalue weighted by Gasteiger charge is 2.27. The van der Waals surface area contributed by atoms with Crippen LogP contribution in [-0.2, 0) is 29.5 Å². The van der Waals surface area contributed by atoms with Crippen LogP contribution in [0.25, 0.3) is 0 Å². The third kappa shape index (κ3) is 2.13. The van der Waals surface area contributed by atoms with Gasteiger partial charge in [-0.3, -0.25) is 10.1 Å². The molecule has 84 valence electrons.